The molecule has 0 aromatic rings. The van der Waals surface area contributed by atoms with E-state index < -0.39 is 5.91 Å². The monoisotopic (exact) mass is 353 g/mol. The van der Waals surface area contributed by atoms with Gasteiger partial charge in [0.1, 0.15) is 0 Å². The van der Waals surface area contributed by atoms with E-state index in [0.29, 0.717) is 13.2 Å². The van der Waals surface area contributed by atoms with E-state index in [4.69, 9.17) is 16.2 Å². The zero-order chi connectivity index (χ0) is 18.4. The molecule has 2 fully saturated rings. The molecule has 2 aliphatic rings. The number of likely N-dealkylation sites (tertiary alicyclic amines) is 1. The molecule has 0 spiro atoms. The lowest BCUT2D eigenvalue weighted by molar-refractivity contribution is -0.137. The van der Waals surface area contributed by atoms with Gasteiger partial charge in [-0.2, -0.15) is 0 Å². The quantitative estimate of drug-likeness (QED) is 0.500. The molecule has 0 aromatic heterocycles. The highest BCUT2D eigenvalue weighted by Crippen LogP contribution is 2.31. The Kier molecular flexibility index (Phi) is 7.72. The summed E-state index contributed by atoms with van der Waals surface area (Å²) in [6.07, 6.45) is 7.90. The van der Waals surface area contributed by atoms with Crippen LogP contribution in [-0.4, -0.2) is 53.8 Å². The number of amides is 1. The van der Waals surface area contributed by atoms with Gasteiger partial charge < -0.3 is 26.2 Å². The molecule has 0 aromatic carbocycles. The van der Waals surface area contributed by atoms with Crippen LogP contribution in [0.3, 0.4) is 0 Å². The maximum Gasteiger partial charge on any atom is 0.288 e. The Balaban J connectivity index is 1.91. The van der Waals surface area contributed by atoms with Gasteiger partial charge in [-0.25, -0.2) is 0 Å². The van der Waals surface area contributed by atoms with E-state index in [9.17, 15) is 9.90 Å². The molecule has 1 aliphatic heterocycles. The number of aliphatic hydroxyl groups excluding tert-OH is 1. The molecule has 2 atom stereocenters. The van der Waals surface area contributed by atoms with Gasteiger partial charge in [0.25, 0.3) is 5.91 Å². The number of carbonyl (C=O) groups excluding carboxylic acids is 1. The number of rotatable bonds is 6. The Bertz CT molecular complexity index is 459. The van der Waals surface area contributed by atoms with Crippen molar-refractivity contribution in [2.24, 2.45) is 23.3 Å². The van der Waals surface area contributed by atoms with Crippen LogP contribution in [0.2, 0.25) is 0 Å². The fraction of sp³-hybridized carbons (Fsp3) is 0.842. The number of nitrogens with zero attached hydrogens (tertiary/aromatic N) is 1. The predicted octanol–water partition coefficient (Wildman–Crippen LogP) is 1.94. The van der Waals surface area contributed by atoms with E-state index in [0.717, 1.165) is 37.5 Å². The lowest BCUT2D eigenvalue weighted by Gasteiger charge is -2.40. The van der Waals surface area contributed by atoms with E-state index in [2.05, 4.69) is 13.8 Å². The minimum absolute atomic E-state index is 0.115. The largest absolute Gasteiger partial charge is 0.503 e. The first-order valence-corrected chi connectivity index (χ1v) is 9.71. The van der Waals surface area contributed by atoms with Crippen molar-refractivity contribution in [1.82, 2.24) is 4.90 Å². The van der Waals surface area contributed by atoms with Gasteiger partial charge in [0.05, 0.1) is 18.8 Å². The molecule has 144 valence electrons. The van der Waals surface area contributed by atoms with Gasteiger partial charge in [0, 0.05) is 19.1 Å². The molecule has 1 aliphatic carbocycles. The highest BCUT2D eigenvalue weighted by Gasteiger charge is 2.35. The second kappa shape index (κ2) is 9.55. The number of nitrogens with two attached hydrogens (primary N) is 2. The Morgan fingerprint density at radius 3 is 2.56 bits per heavy atom. The van der Waals surface area contributed by atoms with Crippen LogP contribution < -0.4 is 11.5 Å². The lowest BCUT2D eigenvalue weighted by Crippen LogP contribution is -2.57. The molecule has 1 saturated carbocycles. The third-order valence-corrected chi connectivity index (χ3v) is 5.79. The van der Waals surface area contributed by atoms with Crippen molar-refractivity contribution in [3.8, 4) is 0 Å². The van der Waals surface area contributed by atoms with Crippen molar-refractivity contribution in [2.45, 2.75) is 70.6 Å². The number of ether oxygens (including phenoxy) is 1. The number of piperidine rings is 1. The smallest absolute Gasteiger partial charge is 0.288 e. The van der Waals surface area contributed by atoms with Gasteiger partial charge in [-0.15, -0.1) is 0 Å². The summed E-state index contributed by atoms with van der Waals surface area (Å²) in [5.74, 6) is 0.850. The number of hydrogen-bond acceptors (Lipinski definition) is 5. The average molecular weight is 354 g/mol. The molecule has 1 saturated heterocycles. The molecule has 2 unspecified atom stereocenters. The van der Waals surface area contributed by atoms with E-state index in [1.54, 1.807) is 4.90 Å². The molecular formula is C19H35N3O3. The van der Waals surface area contributed by atoms with Crippen molar-refractivity contribution < 1.29 is 14.6 Å². The molecule has 1 amide bonds. The SMILES string of the molecule is CC(C)C1CCC(OCC2C(N)CCCN2C(=O)/C(O)=C/CN)CC1. The predicted molar refractivity (Wildman–Crippen MR) is 99.0 cm³/mol. The maximum atomic E-state index is 12.5. The average Bonchev–Trinajstić information content (AvgIpc) is 2.60. The number of carbonyl (C=O) groups is 1. The minimum Gasteiger partial charge on any atom is -0.503 e. The van der Waals surface area contributed by atoms with Gasteiger partial charge in [0.2, 0.25) is 0 Å². The van der Waals surface area contributed by atoms with Gasteiger partial charge in [-0.3, -0.25) is 4.79 Å². The van der Waals surface area contributed by atoms with Crippen LogP contribution in [0.4, 0.5) is 0 Å². The Labute approximate surface area is 151 Å². The summed E-state index contributed by atoms with van der Waals surface area (Å²) in [5.41, 5.74) is 11.6. The minimum atomic E-state index is -0.391. The van der Waals surface area contributed by atoms with E-state index >= 15 is 0 Å². The fourth-order valence-electron chi connectivity index (χ4n) is 4.06. The second-order valence-corrected chi connectivity index (χ2v) is 7.81. The summed E-state index contributed by atoms with van der Waals surface area (Å²) in [5, 5.41) is 9.88. The van der Waals surface area contributed by atoms with Gasteiger partial charge in [0.15, 0.2) is 5.76 Å². The summed E-state index contributed by atoms with van der Waals surface area (Å²) in [6.45, 7) is 5.76. The Morgan fingerprint density at radius 1 is 1.28 bits per heavy atom. The summed E-state index contributed by atoms with van der Waals surface area (Å²) in [4.78, 5) is 14.1. The van der Waals surface area contributed by atoms with Crippen molar-refractivity contribution in [1.29, 1.82) is 0 Å². The standard InChI is InChI=1S/C19H35N3O3/c1-13(2)14-5-7-15(8-6-14)25-12-17-16(21)4-3-11-22(17)19(24)18(23)9-10-20/h9,13-17,23H,3-8,10-12,20-21H2,1-2H3/b18-9-. The van der Waals surface area contributed by atoms with Crippen LogP contribution in [-0.2, 0) is 9.53 Å². The molecule has 2 rings (SSSR count). The first kappa shape index (κ1) is 20.2. The molecule has 6 heteroatoms. The molecule has 0 radical (unpaired) electrons. The van der Waals surface area contributed by atoms with Gasteiger partial charge in [-0.05, 0) is 56.4 Å². The normalized spacial score (nSPS) is 31.4. The Hall–Kier alpha value is -1.11. The van der Waals surface area contributed by atoms with E-state index in [1.807, 2.05) is 0 Å². The van der Waals surface area contributed by atoms with Crippen molar-refractivity contribution in [3.05, 3.63) is 11.8 Å². The molecule has 25 heavy (non-hydrogen) atoms. The maximum absolute atomic E-state index is 12.5. The van der Waals surface area contributed by atoms with Gasteiger partial charge >= 0.3 is 0 Å². The summed E-state index contributed by atoms with van der Waals surface area (Å²) >= 11 is 0. The fourth-order valence-corrected chi connectivity index (χ4v) is 4.06. The third-order valence-electron chi connectivity index (χ3n) is 5.79. The second-order valence-electron chi connectivity index (χ2n) is 7.81. The molecule has 1 heterocycles. The van der Waals surface area contributed by atoms with Crippen LogP contribution >= 0.6 is 0 Å². The number of aliphatic hydroxyl groups is 1. The molecule has 5 N–H and O–H groups in total. The number of hydrogen-bond donors (Lipinski definition) is 3. The zero-order valence-corrected chi connectivity index (χ0v) is 15.7. The van der Waals surface area contributed by atoms with E-state index in [1.165, 1.54) is 18.9 Å². The zero-order valence-electron chi connectivity index (χ0n) is 15.7. The third kappa shape index (κ3) is 5.43. The van der Waals surface area contributed by atoms with Crippen molar-refractivity contribution in [2.75, 3.05) is 19.7 Å². The van der Waals surface area contributed by atoms with Crippen LogP contribution in [0.15, 0.2) is 11.8 Å². The highest BCUT2D eigenvalue weighted by atomic mass is 16.5. The first-order chi connectivity index (χ1) is 11.9. The van der Waals surface area contributed by atoms with Crippen molar-refractivity contribution in [3.63, 3.8) is 0 Å². The summed E-state index contributed by atoms with van der Waals surface area (Å²) in [7, 11) is 0. The topological polar surface area (TPSA) is 102 Å². The van der Waals surface area contributed by atoms with Crippen LogP contribution in [0.5, 0.6) is 0 Å². The molecular weight excluding hydrogens is 318 g/mol. The lowest BCUT2D eigenvalue weighted by atomic mass is 9.80. The molecule has 6 nitrogen and oxygen atoms in total. The van der Waals surface area contributed by atoms with Gasteiger partial charge in [-0.1, -0.05) is 13.8 Å². The van der Waals surface area contributed by atoms with Crippen LogP contribution in [0.1, 0.15) is 52.4 Å². The van der Waals surface area contributed by atoms with Crippen molar-refractivity contribution >= 4 is 5.91 Å². The van der Waals surface area contributed by atoms with Crippen LogP contribution in [0, 0.1) is 11.8 Å². The highest BCUT2D eigenvalue weighted by molar-refractivity contribution is 5.91. The summed E-state index contributed by atoms with van der Waals surface area (Å²) in [6, 6.07) is -0.298. The Morgan fingerprint density at radius 2 is 1.96 bits per heavy atom. The first-order valence-electron chi connectivity index (χ1n) is 9.71. The summed E-state index contributed by atoms with van der Waals surface area (Å²) < 4.78 is 6.14. The van der Waals surface area contributed by atoms with E-state index in [-0.39, 0.29) is 30.5 Å². The molecule has 0 bridgehead atoms. The van der Waals surface area contributed by atoms with Crippen LogP contribution in [0.25, 0.3) is 0 Å².